The number of nitrogens with one attached hydrogen (secondary N) is 2. The van der Waals surface area contributed by atoms with E-state index in [-0.39, 0.29) is 33.4 Å². The first-order valence-corrected chi connectivity index (χ1v) is 11.8. The summed E-state index contributed by atoms with van der Waals surface area (Å²) < 4.78 is 29.2. The maximum atomic E-state index is 14.5. The van der Waals surface area contributed by atoms with Crippen molar-refractivity contribution in [2.75, 3.05) is 0 Å². The monoisotopic (exact) mass is 512 g/mol. The maximum Gasteiger partial charge on any atom is 0.275 e. The molecule has 1 amide bonds. The van der Waals surface area contributed by atoms with Gasteiger partial charge in [0.2, 0.25) is 0 Å². The topological polar surface area (TPSA) is 99.5 Å². The predicted molar refractivity (Wildman–Crippen MR) is 131 cm³/mol. The zero-order valence-electron chi connectivity index (χ0n) is 19.5. The number of aromatic nitrogens is 3. The van der Waals surface area contributed by atoms with Gasteiger partial charge in [-0.2, -0.15) is 0 Å². The van der Waals surface area contributed by atoms with Gasteiger partial charge in [-0.3, -0.25) is 9.59 Å². The number of nitrogens with zero attached hydrogens (tertiary/aromatic N) is 2. The van der Waals surface area contributed by atoms with Crippen LogP contribution in [-0.2, 0) is 0 Å². The molecule has 10 heteroatoms. The van der Waals surface area contributed by atoms with E-state index in [1.807, 2.05) is 0 Å². The van der Waals surface area contributed by atoms with Crippen molar-refractivity contribution in [3.05, 3.63) is 92.4 Å². The summed E-state index contributed by atoms with van der Waals surface area (Å²) in [4.78, 5) is 29.2. The van der Waals surface area contributed by atoms with Crippen molar-refractivity contribution in [3.8, 4) is 11.4 Å². The summed E-state index contributed by atoms with van der Waals surface area (Å²) in [6.07, 6.45) is 3.05. The van der Waals surface area contributed by atoms with Crippen LogP contribution in [-0.4, -0.2) is 31.2 Å². The fraction of sp³-hybridized carbons (Fsp3) is 0.269. The van der Waals surface area contributed by atoms with Gasteiger partial charge in [0, 0.05) is 16.8 Å². The molecule has 1 atom stereocenters. The number of benzene rings is 2. The van der Waals surface area contributed by atoms with Crippen molar-refractivity contribution in [2.24, 2.45) is 0 Å². The van der Waals surface area contributed by atoms with Gasteiger partial charge in [0.15, 0.2) is 5.82 Å². The van der Waals surface area contributed by atoms with Gasteiger partial charge in [-0.1, -0.05) is 23.7 Å². The molecule has 1 fully saturated rings. The molecule has 1 unspecified atom stereocenters. The first kappa shape index (κ1) is 24.1. The van der Waals surface area contributed by atoms with Crippen LogP contribution in [0.3, 0.4) is 0 Å². The quantitative estimate of drug-likeness (QED) is 0.347. The van der Waals surface area contributed by atoms with Crippen LogP contribution in [0.25, 0.3) is 16.9 Å². The Morgan fingerprint density at radius 2 is 1.92 bits per heavy atom. The number of fused-ring (bicyclic) bond motifs is 1. The number of carbonyl (C=O) groups excluding carboxylic acids is 1. The van der Waals surface area contributed by atoms with Gasteiger partial charge < -0.3 is 15.4 Å². The van der Waals surface area contributed by atoms with Crippen LogP contribution in [0.15, 0.2) is 53.5 Å². The average Bonchev–Trinajstić information content (AvgIpc) is 3.56. The van der Waals surface area contributed by atoms with Crippen molar-refractivity contribution >= 4 is 23.0 Å². The fourth-order valence-corrected chi connectivity index (χ4v) is 4.57. The summed E-state index contributed by atoms with van der Waals surface area (Å²) in [5, 5.41) is 18.2. The van der Waals surface area contributed by atoms with Crippen LogP contribution in [0.4, 0.5) is 8.78 Å². The number of hydrogen-bond donors (Lipinski definition) is 3. The predicted octanol–water partition coefficient (Wildman–Crippen LogP) is 4.74. The molecule has 0 bridgehead atoms. The number of hydrogen-bond acceptors (Lipinski definition) is 4. The highest BCUT2D eigenvalue weighted by Crippen LogP contribution is 2.44. The lowest BCUT2D eigenvalue weighted by Gasteiger charge is -2.30. The van der Waals surface area contributed by atoms with Crippen LogP contribution in [0.5, 0.6) is 0 Å². The van der Waals surface area contributed by atoms with Crippen LogP contribution >= 0.6 is 11.6 Å². The third kappa shape index (κ3) is 4.52. The van der Waals surface area contributed by atoms with Gasteiger partial charge in [-0.05, 0) is 68.5 Å². The number of aliphatic hydroxyl groups is 1. The van der Waals surface area contributed by atoms with Crippen molar-refractivity contribution in [1.82, 2.24) is 19.9 Å². The molecule has 186 valence electrons. The Balaban J connectivity index is 1.59. The molecule has 3 N–H and O–H groups in total. The maximum absolute atomic E-state index is 14.5. The van der Waals surface area contributed by atoms with E-state index in [1.54, 1.807) is 13.8 Å². The van der Waals surface area contributed by atoms with Gasteiger partial charge in [0.05, 0.1) is 22.8 Å². The molecular formula is C26H23ClF2N4O3. The minimum Gasteiger partial charge on any atom is -0.388 e. The Kier molecular flexibility index (Phi) is 5.92. The molecule has 36 heavy (non-hydrogen) atoms. The third-order valence-electron chi connectivity index (χ3n) is 6.28. The number of carbonyl (C=O) groups is 1. The molecule has 1 saturated carbocycles. The molecule has 2 aromatic heterocycles. The lowest BCUT2D eigenvalue weighted by atomic mass is 9.91. The highest BCUT2D eigenvalue weighted by atomic mass is 35.5. The van der Waals surface area contributed by atoms with Crippen LogP contribution < -0.4 is 10.9 Å². The molecule has 2 heterocycles. The van der Waals surface area contributed by atoms with E-state index < -0.39 is 34.7 Å². The first-order valence-electron chi connectivity index (χ1n) is 11.4. The highest BCUT2D eigenvalue weighted by molar-refractivity contribution is 6.30. The molecule has 0 saturated heterocycles. The summed E-state index contributed by atoms with van der Waals surface area (Å²) >= 11 is 5.84. The standard InChI is InChI=1S/C26H23ClF2N4O3/c1-26(2,36)22(14-5-8-16(28)9-6-14)30-24(34)18-12-33-21(20(18)13-3-4-13)25(35)31-23(32-33)17-10-7-15(27)11-19(17)29/h5-13,22,36H,3-4H2,1-2H3,(H,30,34)(H,31,32,35). The number of amides is 1. The Bertz CT molecular complexity index is 1540. The number of halogens is 3. The molecule has 0 spiro atoms. The van der Waals surface area contributed by atoms with Crippen LogP contribution in [0.2, 0.25) is 5.02 Å². The van der Waals surface area contributed by atoms with Crippen LogP contribution in [0.1, 0.15) is 60.1 Å². The molecule has 2 aromatic carbocycles. The minimum absolute atomic E-state index is 0.00294. The Hall–Kier alpha value is -3.56. The van der Waals surface area contributed by atoms with E-state index in [0.29, 0.717) is 11.1 Å². The van der Waals surface area contributed by atoms with E-state index in [2.05, 4.69) is 15.4 Å². The van der Waals surface area contributed by atoms with Gasteiger partial charge >= 0.3 is 0 Å². The number of rotatable bonds is 6. The normalized spacial score (nSPS) is 14.7. The summed E-state index contributed by atoms with van der Waals surface area (Å²) in [7, 11) is 0. The summed E-state index contributed by atoms with van der Waals surface area (Å²) in [5.74, 6) is -1.61. The van der Waals surface area contributed by atoms with Gasteiger partial charge in [0.25, 0.3) is 11.5 Å². The number of H-pyrrole nitrogens is 1. The molecule has 5 rings (SSSR count). The lowest BCUT2D eigenvalue weighted by molar-refractivity contribution is 0.0343. The van der Waals surface area contributed by atoms with Gasteiger partial charge in [-0.15, -0.1) is 5.10 Å². The summed E-state index contributed by atoms with van der Waals surface area (Å²) in [6, 6.07) is 8.67. The molecular weight excluding hydrogens is 490 g/mol. The van der Waals surface area contributed by atoms with Crippen molar-refractivity contribution in [3.63, 3.8) is 0 Å². The average molecular weight is 513 g/mol. The Labute approximate surface area is 209 Å². The zero-order valence-corrected chi connectivity index (χ0v) is 20.2. The van der Waals surface area contributed by atoms with Gasteiger partial charge in [-0.25, -0.2) is 13.3 Å². The molecule has 1 aliphatic carbocycles. The van der Waals surface area contributed by atoms with E-state index in [4.69, 9.17) is 11.6 Å². The molecule has 1 aliphatic rings. The van der Waals surface area contributed by atoms with Gasteiger partial charge in [0.1, 0.15) is 17.2 Å². The van der Waals surface area contributed by atoms with E-state index >= 15 is 0 Å². The summed E-state index contributed by atoms with van der Waals surface area (Å²) in [6.45, 7) is 3.08. The second kappa shape index (κ2) is 8.83. The zero-order chi connectivity index (χ0) is 25.8. The minimum atomic E-state index is -1.37. The highest BCUT2D eigenvalue weighted by Gasteiger charge is 2.36. The second-order valence-electron chi connectivity index (χ2n) is 9.56. The summed E-state index contributed by atoms with van der Waals surface area (Å²) in [5.41, 5.74) is -0.301. The number of aromatic amines is 1. The fourth-order valence-electron chi connectivity index (χ4n) is 4.41. The Morgan fingerprint density at radius 1 is 1.22 bits per heavy atom. The van der Waals surface area contributed by atoms with E-state index in [1.165, 1.54) is 47.1 Å². The Morgan fingerprint density at radius 3 is 2.53 bits per heavy atom. The van der Waals surface area contributed by atoms with Crippen molar-refractivity contribution in [2.45, 2.75) is 44.2 Å². The largest absolute Gasteiger partial charge is 0.388 e. The van der Waals surface area contributed by atoms with Crippen molar-refractivity contribution in [1.29, 1.82) is 0 Å². The van der Waals surface area contributed by atoms with E-state index in [9.17, 15) is 23.5 Å². The third-order valence-corrected chi connectivity index (χ3v) is 6.52. The molecule has 0 aliphatic heterocycles. The first-order chi connectivity index (χ1) is 17.0. The molecule has 4 aromatic rings. The second-order valence-corrected chi connectivity index (χ2v) is 10.00. The lowest BCUT2D eigenvalue weighted by Crippen LogP contribution is -2.42. The SMILES string of the molecule is CC(C)(O)C(NC(=O)c1cn2nc(-c3ccc(Cl)cc3F)[nH]c(=O)c2c1C1CC1)c1ccc(F)cc1. The molecule has 0 radical (unpaired) electrons. The van der Waals surface area contributed by atoms with E-state index in [0.717, 1.165) is 18.9 Å². The van der Waals surface area contributed by atoms with Crippen molar-refractivity contribution < 1.29 is 18.7 Å². The smallest absolute Gasteiger partial charge is 0.275 e. The molecule has 7 nitrogen and oxygen atoms in total. The van der Waals surface area contributed by atoms with Crippen LogP contribution in [0, 0.1) is 11.6 Å².